The van der Waals surface area contributed by atoms with Gasteiger partial charge in [-0.2, -0.15) is 0 Å². The van der Waals surface area contributed by atoms with Crippen molar-refractivity contribution < 1.29 is 14.6 Å². The first kappa shape index (κ1) is 26.5. The molecule has 1 aromatic heterocycles. The van der Waals surface area contributed by atoms with Crippen molar-refractivity contribution >= 4 is 28.6 Å². The number of aryl methyl sites for hydroxylation is 2. The molecule has 0 saturated carbocycles. The fourth-order valence-corrected chi connectivity index (χ4v) is 6.50. The standard InChI is InChI=1S/C30H38N2O3S/c1-22-6-3-4-9-29(22)36-19-18-32-17-15-23(25(21-32)10-13-30(33)34)7-5-8-24-14-16-31-28-12-11-26(35-2)20-27(24)28/h3-4,6,9,11-12,14,16,20,23,25H,5,7-8,10,13,15,17-19,21H2,1-2H3,(H,33,34)/t23-,25+/m1/s1. The van der Waals surface area contributed by atoms with Crippen LogP contribution in [0.25, 0.3) is 10.9 Å². The summed E-state index contributed by atoms with van der Waals surface area (Å²) in [5.74, 6) is 2.29. The first-order valence-electron chi connectivity index (χ1n) is 13.1. The highest BCUT2D eigenvalue weighted by atomic mass is 32.2. The lowest BCUT2D eigenvalue weighted by molar-refractivity contribution is -0.137. The van der Waals surface area contributed by atoms with Crippen molar-refractivity contribution in [3.8, 4) is 5.75 Å². The maximum atomic E-state index is 11.3. The maximum Gasteiger partial charge on any atom is 0.303 e. The summed E-state index contributed by atoms with van der Waals surface area (Å²) in [4.78, 5) is 19.8. The Morgan fingerprint density at radius 2 is 2.03 bits per heavy atom. The van der Waals surface area contributed by atoms with Crippen LogP contribution in [-0.4, -0.2) is 53.5 Å². The van der Waals surface area contributed by atoms with Crippen LogP contribution in [0, 0.1) is 18.8 Å². The van der Waals surface area contributed by atoms with Crippen molar-refractivity contribution in [1.82, 2.24) is 9.88 Å². The van der Waals surface area contributed by atoms with Gasteiger partial charge in [-0.1, -0.05) is 18.2 Å². The van der Waals surface area contributed by atoms with E-state index in [0.29, 0.717) is 11.8 Å². The molecule has 1 aliphatic rings. The zero-order chi connectivity index (χ0) is 25.3. The Hall–Kier alpha value is -2.57. The number of methoxy groups -OCH3 is 1. The number of hydrogen-bond acceptors (Lipinski definition) is 5. The van der Waals surface area contributed by atoms with Crippen LogP contribution in [0.5, 0.6) is 5.75 Å². The van der Waals surface area contributed by atoms with Gasteiger partial charge in [0.25, 0.3) is 0 Å². The zero-order valence-electron chi connectivity index (χ0n) is 21.5. The van der Waals surface area contributed by atoms with Crippen molar-refractivity contribution in [3.05, 3.63) is 65.9 Å². The number of carbonyl (C=O) groups is 1. The summed E-state index contributed by atoms with van der Waals surface area (Å²) >= 11 is 1.93. The second kappa shape index (κ2) is 13.1. The van der Waals surface area contributed by atoms with Crippen molar-refractivity contribution in [3.63, 3.8) is 0 Å². The van der Waals surface area contributed by atoms with Crippen molar-refractivity contribution in [1.29, 1.82) is 0 Å². The Bertz CT molecular complexity index is 1150. The van der Waals surface area contributed by atoms with E-state index in [0.717, 1.165) is 68.8 Å². The molecule has 5 nitrogen and oxygen atoms in total. The Morgan fingerprint density at radius 1 is 1.17 bits per heavy atom. The minimum absolute atomic E-state index is 0.266. The van der Waals surface area contributed by atoms with Gasteiger partial charge >= 0.3 is 5.97 Å². The van der Waals surface area contributed by atoms with E-state index in [-0.39, 0.29) is 6.42 Å². The molecule has 2 aromatic carbocycles. The molecule has 4 rings (SSSR count). The van der Waals surface area contributed by atoms with Gasteiger partial charge in [0.1, 0.15) is 5.75 Å². The number of carboxylic acids is 1. The molecule has 6 heteroatoms. The van der Waals surface area contributed by atoms with E-state index >= 15 is 0 Å². The number of ether oxygens (including phenoxy) is 1. The number of aliphatic carboxylic acids is 1. The summed E-state index contributed by atoms with van der Waals surface area (Å²) in [6.45, 7) is 5.35. The Kier molecular flexibility index (Phi) is 9.65. The molecule has 1 N–H and O–H groups in total. The minimum Gasteiger partial charge on any atom is -0.497 e. The molecule has 2 atom stereocenters. The average molecular weight is 507 g/mol. The van der Waals surface area contributed by atoms with Crippen LogP contribution in [0.2, 0.25) is 0 Å². The first-order chi connectivity index (χ1) is 17.5. The van der Waals surface area contributed by atoms with Gasteiger partial charge in [-0.15, -0.1) is 11.8 Å². The van der Waals surface area contributed by atoms with Gasteiger partial charge in [-0.05, 0) is 98.9 Å². The topological polar surface area (TPSA) is 62.7 Å². The molecular formula is C30H38N2O3S. The van der Waals surface area contributed by atoms with Crippen LogP contribution in [-0.2, 0) is 11.2 Å². The highest BCUT2D eigenvalue weighted by Gasteiger charge is 2.29. The zero-order valence-corrected chi connectivity index (χ0v) is 22.3. The van der Waals surface area contributed by atoms with Crippen LogP contribution < -0.4 is 4.74 Å². The molecule has 0 unspecified atom stereocenters. The monoisotopic (exact) mass is 506 g/mol. The first-order valence-corrected chi connectivity index (χ1v) is 14.1. The number of piperidine rings is 1. The van der Waals surface area contributed by atoms with Crippen LogP contribution in [0.1, 0.15) is 43.2 Å². The van der Waals surface area contributed by atoms with Gasteiger partial charge in [-0.3, -0.25) is 9.78 Å². The predicted molar refractivity (Wildman–Crippen MR) is 148 cm³/mol. The van der Waals surface area contributed by atoms with Gasteiger partial charge in [0.2, 0.25) is 0 Å². The third-order valence-corrected chi connectivity index (χ3v) is 8.68. The molecule has 2 heterocycles. The van der Waals surface area contributed by atoms with E-state index in [1.807, 2.05) is 30.1 Å². The highest BCUT2D eigenvalue weighted by molar-refractivity contribution is 7.99. The molecule has 0 spiro atoms. The lowest BCUT2D eigenvalue weighted by Crippen LogP contribution is -2.41. The summed E-state index contributed by atoms with van der Waals surface area (Å²) < 4.78 is 5.42. The normalized spacial score (nSPS) is 18.4. The number of aromatic nitrogens is 1. The Labute approximate surface area is 219 Å². The SMILES string of the molecule is COc1ccc2nccc(CCC[C@@H]3CCN(CCSc4ccccc4C)C[C@@H]3CCC(=O)O)c2c1. The smallest absolute Gasteiger partial charge is 0.303 e. The second-order valence-corrected chi connectivity index (χ2v) is 11.0. The summed E-state index contributed by atoms with van der Waals surface area (Å²) in [7, 11) is 1.70. The molecule has 192 valence electrons. The van der Waals surface area contributed by atoms with E-state index in [1.54, 1.807) is 7.11 Å². The van der Waals surface area contributed by atoms with Gasteiger partial charge in [0, 0.05) is 41.7 Å². The number of hydrogen-bond donors (Lipinski definition) is 1. The number of fused-ring (bicyclic) bond motifs is 1. The highest BCUT2D eigenvalue weighted by Crippen LogP contribution is 2.33. The van der Waals surface area contributed by atoms with E-state index in [4.69, 9.17) is 4.74 Å². The fraction of sp³-hybridized carbons (Fsp3) is 0.467. The largest absolute Gasteiger partial charge is 0.497 e. The molecule has 36 heavy (non-hydrogen) atoms. The van der Waals surface area contributed by atoms with Gasteiger partial charge in [-0.25, -0.2) is 0 Å². The van der Waals surface area contributed by atoms with Crippen LogP contribution in [0.3, 0.4) is 0 Å². The van der Waals surface area contributed by atoms with E-state index in [2.05, 4.69) is 53.2 Å². The summed E-state index contributed by atoms with van der Waals surface area (Å²) in [6.07, 6.45) is 7.35. The van der Waals surface area contributed by atoms with Gasteiger partial charge < -0.3 is 14.7 Å². The van der Waals surface area contributed by atoms with Crippen molar-refractivity contribution in [2.24, 2.45) is 11.8 Å². The number of carboxylic acid groups (broad SMARTS) is 1. The Morgan fingerprint density at radius 3 is 2.83 bits per heavy atom. The molecule has 0 aliphatic carbocycles. The minimum atomic E-state index is -0.682. The van der Waals surface area contributed by atoms with Crippen molar-refractivity contribution in [2.75, 3.05) is 32.5 Å². The maximum absolute atomic E-state index is 11.3. The van der Waals surface area contributed by atoms with Gasteiger partial charge in [0.15, 0.2) is 0 Å². The van der Waals surface area contributed by atoms with Crippen LogP contribution in [0.4, 0.5) is 0 Å². The van der Waals surface area contributed by atoms with Crippen LogP contribution >= 0.6 is 11.8 Å². The molecule has 0 radical (unpaired) electrons. The summed E-state index contributed by atoms with van der Waals surface area (Å²) in [5, 5.41) is 10.5. The molecule has 1 aliphatic heterocycles. The predicted octanol–water partition coefficient (Wildman–Crippen LogP) is 6.47. The lowest BCUT2D eigenvalue weighted by atomic mass is 9.79. The summed E-state index contributed by atoms with van der Waals surface area (Å²) in [6, 6.07) is 16.7. The second-order valence-electron chi connectivity index (χ2n) is 9.90. The quantitative estimate of drug-likeness (QED) is 0.284. The third-order valence-electron chi connectivity index (χ3n) is 7.52. The van der Waals surface area contributed by atoms with Crippen molar-refractivity contribution in [2.45, 2.75) is 50.3 Å². The van der Waals surface area contributed by atoms with Gasteiger partial charge in [0.05, 0.1) is 12.6 Å². The van der Waals surface area contributed by atoms with E-state index < -0.39 is 5.97 Å². The van der Waals surface area contributed by atoms with E-state index in [1.165, 1.54) is 21.4 Å². The lowest BCUT2D eigenvalue weighted by Gasteiger charge is -2.39. The summed E-state index contributed by atoms with van der Waals surface area (Å²) in [5.41, 5.74) is 3.65. The third kappa shape index (κ3) is 7.23. The average Bonchev–Trinajstić information content (AvgIpc) is 2.89. The molecular weight excluding hydrogens is 468 g/mol. The molecule has 0 amide bonds. The molecule has 1 fully saturated rings. The molecule has 3 aromatic rings. The number of likely N-dealkylation sites (tertiary alicyclic amines) is 1. The fourth-order valence-electron chi connectivity index (χ4n) is 5.46. The van der Waals surface area contributed by atoms with Crippen LogP contribution in [0.15, 0.2) is 59.6 Å². The number of pyridine rings is 1. The number of rotatable bonds is 12. The van der Waals surface area contributed by atoms with E-state index in [9.17, 15) is 9.90 Å². The number of benzene rings is 2. The molecule has 0 bridgehead atoms. The number of nitrogens with zero attached hydrogens (tertiary/aromatic N) is 2. The number of thioether (sulfide) groups is 1. The molecule has 1 saturated heterocycles. The Balaban J connectivity index is 1.32.